The average molecular weight is 352 g/mol. The summed E-state index contributed by atoms with van der Waals surface area (Å²) >= 11 is 0. The van der Waals surface area contributed by atoms with Gasteiger partial charge in [-0.25, -0.2) is 0 Å². The number of rotatable bonds is 6. The number of hydrogen-bond donors (Lipinski definition) is 0. The Morgan fingerprint density at radius 2 is 1.69 bits per heavy atom. The number of hydrogen-bond acceptors (Lipinski definition) is 4. The number of fused-ring (bicyclic) bond motifs is 2. The molecule has 26 heavy (non-hydrogen) atoms. The van der Waals surface area contributed by atoms with Crippen LogP contribution in [-0.4, -0.2) is 24.9 Å². The molecule has 2 aliphatic rings. The van der Waals surface area contributed by atoms with E-state index in [1.54, 1.807) is 0 Å². The van der Waals surface area contributed by atoms with Crippen LogP contribution in [0.1, 0.15) is 43.7 Å². The van der Waals surface area contributed by atoms with Gasteiger partial charge in [-0.3, -0.25) is 4.90 Å². The van der Waals surface area contributed by atoms with E-state index in [-0.39, 0.29) is 0 Å². The summed E-state index contributed by atoms with van der Waals surface area (Å²) in [4.78, 5) is 4.69. The van der Waals surface area contributed by atoms with Crippen molar-refractivity contribution in [2.24, 2.45) is 0 Å². The van der Waals surface area contributed by atoms with Crippen LogP contribution in [0.4, 0.5) is 5.69 Å². The van der Waals surface area contributed by atoms with Gasteiger partial charge in [0.25, 0.3) is 0 Å². The molecule has 0 saturated carbocycles. The summed E-state index contributed by atoms with van der Waals surface area (Å²) in [6, 6.07) is 14.8. The first-order valence-corrected chi connectivity index (χ1v) is 9.77. The molecule has 2 aromatic rings. The molecule has 0 radical (unpaired) electrons. The fourth-order valence-electron chi connectivity index (χ4n) is 3.72. The van der Waals surface area contributed by atoms with Crippen LogP contribution in [0.15, 0.2) is 42.5 Å². The smallest absolute Gasteiger partial charge is 0.161 e. The third-order valence-electron chi connectivity index (χ3n) is 5.24. The highest BCUT2D eigenvalue weighted by atomic mass is 16.5. The lowest BCUT2D eigenvalue weighted by atomic mass is 10.1. The van der Waals surface area contributed by atoms with Crippen LogP contribution in [0.3, 0.4) is 0 Å². The minimum absolute atomic E-state index is 0.595. The second kappa shape index (κ2) is 8.00. The van der Waals surface area contributed by atoms with Crippen molar-refractivity contribution in [3.8, 4) is 11.5 Å². The first-order valence-electron chi connectivity index (χ1n) is 9.77. The van der Waals surface area contributed by atoms with Gasteiger partial charge in [-0.15, -0.1) is 0 Å². The monoisotopic (exact) mass is 352 g/mol. The number of para-hydroxylation sites is 1. The van der Waals surface area contributed by atoms with Gasteiger partial charge in [-0.1, -0.05) is 44.4 Å². The van der Waals surface area contributed by atoms with Crippen molar-refractivity contribution in [3.05, 3.63) is 53.6 Å². The molecule has 0 unspecified atom stereocenters. The highest BCUT2D eigenvalue weighted by Crippen LogP contribution is 2.33. The van der Waals surface area contributed by atoms with Gasteiger partial charge in [0, 0.05) is 36.4 Å². The Morgan fingerprint density at radius 3 is 2.62 bits per heavy atom. The zero-order chi connectivity index (χ0) is 17.8. The molecule has 0 atom stereocenters. The molecule has 0 fully saturated rings. The van der Waals surface area contributed by atoms with E-state index in [1.807, 2.05) is 12.1 Å². The molecule has 0 aromatic heterocycles. The van der Waals surface area contributed by atoms with Crippen LogP contribution < -0.4 is 14.4 Å². The summed E-state index contributed by atoms with van der Waals surface area (Å²) in [5, 5.41) is 0. The lowest BCUT2D eigenvalue weighted by Crippen LogP contribution is -2.34. The third kappa shape index (κ3) is 3.80. The molecule has 4 nitrogen and oxygen atoms in total. The topological polar surface area (TPSA) is 24.9 Å². The summed E-state index contributed by atoms with van der Waals surface area (Å²) in [7, 11) is 0. The van der Waals surface area contributed by atoms with Gasteiger partial charge in [0.1, 0.15) is 18.2 Å². The van der Waals surface area contributed by atoms with Gasteiger partial charge >= 0.3 is 0 Å². The van der Waals surface area contributed by atoms with Crippen LogP contribution in [0.2, 0.25) is 0 Å². The zero-order valence-corrected chi connectivity index (χ0v) is 15.6. The van der Waals surface area contributed by atoms with Crippen molar-refractivity contribution in [1.29, 1.82) is 0 Å². The second-order valence-corrected chi connectivity index (χ2v) is 7.26. The van der Waals surface area contributed by atoms with E-state index in [0.717, 1.165) is 31.1 Å². The Morgan fingerprint density at radius 1 is 0.846 bits per heavy atom. The number of benzene rings is 2. The Labute approximate surface area is 156 Å². The largest absolute Gasteiger partial charge is 0.478 e. The van der Waals surface area contributed by atoms with Gasteiger partial charge in [-0.05, 0) is 30.7 Å². The standard InChI is InChI=1S/C22H28N2O2/c1-2-3-4-7-12-23-14-19-13-20(10-11-22(19)25-16-23)24-15-18-8-5-6-9-21(18)26-17-24/h5-6,8-11,13H,2-4,7,12,14-17H2,1H3. The molecule has 138 valence electrons. The molecule has 2 aliphatic heterocycles. The van der Waals surface area contributed by atoms with Crippen LogP contribution in [-0.2, 0) is 13.1 Å². The number of anilines is 1. The first kappa shape index (κ1) is 17.2. The summed E-state index contributed by atoms with van der Waals surface area (Å²) in [5.74, 6) is 2.03. The van der Waals surface area contributed by atoms with Crippen molar-refractivity contribution in [3.63, 3.8) is 0 Å². The number of ether oxygens (including phenoxy) is 2. The highest BCUT2D eigenvalue weighted by molar-refractivity contribution is 5.55. The van der Waals surface area contributed by atoms with Crippen molar-refractivity contribution in [1.82, 2.24) is 4.90 Å². The second-order valence-electron chi connectivity index (χ2n) is 7.26. The maximum atomic E-state index is 5.97. The molecule has 2 heterocycles. The summed E-state index contributed by atoms with van der Waals surface area (Å²) in [6.45, 7) is 6.53. The molecular weight excluding hydrogens is 324 g/mol. The fraction of sp³-hybridized carbons (Fsp3) is 0.455. The Balaban J connectivity index is 1.43. The van der Waals surface area contributed by atoms with Gasteiger partial charge in [0.05, 0.1) is 0 Å². The maximum absolute atomic E-state index is 5.97. The van der Waals surface area contributed by atoms with Crippen molar-refractivity contribution >= 4 is 5.69 Å². The SMILES string of the molecule is CCCCCCN1COc2ccc(N3COc4ccccc4C3)cc2C1. The van der Waals surface area contributed by atoms with Gasteiger partial charge in [-0.2, -0.15) is 0 Å². The third-order valence-corrected chi connectivity index (χ3v) is 5.24. The summed E-state index contributed by atoms with van der Waals surface area (Å²) < 4.78 is 11.9. The van der Waals surface area contributed by atoms with Crippen molar-refractivity contribution < 1.29 is 9.47 Å². The van der Waals surface area contributed by atoms with Gasteiger partial charge in [0.15, 0.2) is 6.73 Å². The van der Waals surface area contributed by atoms with Gasteiger partial charge in [0.2, 0.25) is 0 Å². The molecule has 4 heteroatoms. The van der Waals surface area contributed by atoms with Crippen LogP contribution >= 0.6 is 0 Å². The predicted molar refractivity (Wildman–Crippen MR) is 105 cm³/mol. The van der Waals surface area contributed by atoms with Crippen molar-refractivity contribution in [2.75, 3.05) is 24.9 Å². The maximum Gasteiger partial charge on any atom is 0.161 e. The lowest BCUT2D eigenvalue weighted by molar-refractivity contribution is 0.0935. The van der Waals surface area contributed by atoms with E-state index in [2.05, 4.69) is 47.1 Å². The molecule has 0 aliphatic carbocycles. The van der Waals surface area contributed by atoms with E-state index in [4.69, 9.17) is 9.47 Å². The number of nitrogens with zero attached hydrogens (tertiary/aromatic N) is 2. The van der Waals surface area contributed by atoms with Crippen molar-refractivity contribution in [2.45, 2.75) is 45.7 Å². The average Bonchev–Trinajstić information content (AvgIpc) is 2.70. The van der Waals surface area contributed by atoms with Gasteiger partial charge < -0.3 is 14.4 Å². The summed E-state index contributed by atoms with van der Waals surface area (Å²) in [5.41, 5.74) is 3.73. The first-order chi connectivity index (χ1) is 12.8. The molecule has 0 saturated heterocycles. The van der Waals surface area contributed by atoms with Crippen LogP contribution in [0.25, 0.3) is 0 Å². The number of unbranched alkanes of at least 4 members (excludes halogenated alkanes) is 3. The summed E-state index contributed by atoms with van der Waals surface area (Å²) in [6.07, 6.45) is 5.17. The quantitative estimate of drug-likeness (QED) is 0.699. The highest BCUT2D eigenvalue weighted by Gasteiger charge is 2.21. The van der Waals surface area contributed by atoms with E-state index >= 15 is 0 Å². The van der Waals surface area contributed by atoms with E-state index in [9.17, 15) is 0 Å². The molecule has 0 bridgehead atoms. The minimum atomic E-state index is 0.595. The molecule has 2 aromatic carbocycles. The van der Waals surface area contributed by atoms with E-state index in [1.165, 1.54) is 42.5 Å². The normalized spacial score (nSPS) is 16.4. The minimum Gasteiger partial charge on any atom is -0.478 e. The molecule has 0 N–H and O–H groups in total. The Bertz CT molecular complexity index is 747. The Hall–Kier alpha value is -2.20. The van der Waals surface area contributed by atoms with Crippen LogP contribution in [0.5, 0.6) is 11.5 Å². The van der Waals surface area contributed by atoms with E-state index in [0.29, 0.717) is 13.5 Å². The predicted octanol–water partition coefficient (Wildman–Crippen LogP) is 4.78. The molecule has 0 amide bonds. The zero-order valence-electron chi connectivity index (χ0n) is 15.6. The fourth-order valence-corrected chi connectivity index (χ4v) is 3.72. The lowest BCUT2D eigenvalue weighted by Gasteiger charge is -2.33. The Kier molecular flexibility index (Phi) is 5.30. The van der Waals surface area contributed by atoms with E-state index < -0.39 is 0 Å². The molecule has 0 spiro atoms. The van der Waals surface area contributed by atoms with Crippen LogP contribution in [0, 0.1) is 0 Å². The molecule has 4 rings (SSSR count). The molecular formula is C22H28N2O2.